The zero-order chi connectivity index (χ0) is 14.7. The van der Waals surface area contributed by atoms with Gasteiger partial charge in [0.1, 0.15) is 0 Å². The minimum absolute atomic E-state index is 0.176. The predicted molar refractivity (Wildman–Crippen MR) is 63.7 cm³/mol. The minimum Gasteiger partial charge on any atom is -0.314 e. The van der Waals surface area contributed by atoms with Crippen LogP contribution in [-0.4, -0.2) is 31.1 Å². The maximum absolute atomic E-state index is 13.8. The molecular formula is C13H13F4N3. The van der Waals surface area contributed by atoms with Gasteiger partial charge in [0.15, 0.2) is 23.3 Å². The van der Waals surface area contributed by atoms with Crippen LogP contribution in [-0.2, 0) is 0 Å². The van der Waals surface area contributed by atoms with E-state index in [1.807, 2.05) is 6.07 Å². The van der Waals surface area contributed by atoms with Crippen LogP contribution in [0, 0.1) is 34.6 Å². The van der Waals surface area contributed by atoms with Gasteiger partial charge in [0.2, 0.25) is 0 Å². The number of nitriles is 1. The van der Waals surface area contributed by atoms with Gasteiger partial charge in [-0.3, -0.25) is 4.90 Å². The van der Waals surface area contributed by atoms with Crippen molar-refractivity contribution in [3.05, 3.63) is 34.9 Å². The van der Waals surface area contributed by atoms with E-state index in [4.69, 9.17) is 5.26 Å². The maximum atomic E-state index is 13.8. The zero-order valence-corrected chi connectivity index (χ0v) is 10.6. The molecule has 1 atom stereocenters. The number of benzene rings is 1. The molecule has 20 heavy (non-hydrogen) atoms. The van der Waals surface area contributed by atoms with Crippen molar-refractivity contribution in [1.29, 1.82) is 5.26 Å². The molecule has 1 fully saturated rings. The lowest BCUT2D eigenvalue weighted by Gasteiger charge is -2.34. The van der Waals surface area contributed by atoms with Crippen molar-refractivity contribution in [3.63, 3.8) is 0 Å². The zero-order valence-electron chi connectivity index (χ0n) is 10.6. The van der Waals surface area contributed by atoms with E-state index in [-0.39, 0.29) is 12.5 Å². The molecule has 1 aliphatic heterocycles. The third-order valence-corrected chi connectivity index (χ3v) is 3.36. The summed E-state index contributed by atoms with van der Waals surface area (Å²) < 4.78 is 54.3. The van der Waals surface area contributed by atoms with E-state index in [9.17, 15) is 17.6 Å². The van der Waals surface area contributed by atoms with E-state index >= 15 is 0 Å². The van der Waals surface area contributed by atoms with Crippen LogP contribution >= 0.6 is 0 Å². The molecule has 0 bridgehead atoms. The van der Waals surface area contributed by atoms with E-state index in [1.165, 1.54) is 0 Å². The molecule has 0 aliphatic carbocycles. The van der Waals surface area contributed by atoms with Gasteiger partial charge >= 0.3 is 0 Å². The number of hydrogen-bond donors (Lipinski definition) is 1. The highest BCUT2D eigenvalue weighted by Gasteiger charge is 2.30. The van der Waals surface area contributed by atoms with Crippen LogP contribution in [0.3, 0.4) is 0 Å². The second kappa shape index (κ2) is 6.20. The fourth-order valence-electron chi connectivity index (χ4n) is 2.38. The molecule has 1 heterocycles. The van der Waals surface area contributed by atoms with Crippen molar-refractivity contribution in [2.24, 2.45) is 0 Å². The Balaban J connectivity index is 2.46. The standard InChI is InChI=1S/C13H13F4N3/c14-8-7-9(15)13(17)11(12(8)16)10(1-2-18)20-5-3-19-4-6-20/h7,10,19H,1,3-6H2/t10-/m1/s1. The van der Waals surface area contributed by atoms with Gasteiger partial charge in [-0.2, -0.15) is 5.26 Å². The average molecular weight is 287 g/mol. The van der Waals surface area contributed by atoms with Crippen molar-refractivity contribution in [2.75, 3.05) is 26.2 Å². The van der Waals surface area contributed by atoms with Crippen molar-refractivity contribution in [2.45, 2.75) is 12.5 Å². The Bertz CT molecular complexity index is 509. The molecule has 3 nitrogen and oxygen atoms in total. The van der Waals surface area contributed by atoms with Crippen molar-refractivity contribution < 1.29 is 17.6 Å². The van der Waals surface area contributed by atoms with E-state index in [2.05, 4.69) is 5.32 Å². The number of nitrogens with zero attached hydrogens (tertiary/aromatic N) is 2. The molecule has 1 saturated heterocycles. The molecule has 0 radical (unpaired) electrons. The summed E-state index contributed by atoms with van der Waals surface area (Å²) in [5.74, 6) is -5.75. The summed E-state index contributed by atoms with van der Waals surface area (Å²) in [5, 5.41) is 11.9. The molecule has 2 rings (SSSR count). The van der Waals surface area contributed by atoms with Crippen molar-refractivity contribution >= 4 is 0 Å². The highest BCUT2D eigenvalue weighted by molar-refractivity contribution is 5.27. The van der Waals surface area contributed by atoms with Gasteiger partial charge in [-0.15, -0.1) is 0 Å². The lowest BCUT2D eigenvalue weighted by Crippen LogP contribution is -2.45. The Morgan fingerprint density at radius 3 is 2.20 bits per heavy atom. The highest BCUT2D eigenvalue weighted by Crippen LogP contribution is 2.31. The van der Waals surface area contributed by atoms with Gasteiger partial charge < -0.3 is 5.32 Å². The van der Waals surface area contributed by atoms with E-state index in [0.29, 0.717) is 26.2 Å². The minimum atomic E-state index is -1.45. The first-order valence-corrected chi connectivity index (χ1v) is 6.21. The van der Waals surface area contributed by atoms with Crippen LogP contribution < -0.4 is 5.32 Å². The number of nitrogens with one attached hydrogen (secondary N) is 1. The largest absolute Gasteiger partial charge is 0.314 e. The summed E-state index contributed by atoms with van der Waals surface area (Å²) in [7, 11) is 0. The molecule has 7 heteroatoms. The van der Waals surface area contributed by atoms with Crippen LogP contribution in [0.5, 0.6) is 0 Å². The highest BCUT2D eigenvalue weighted by atomic mass is 19.2. The van der Waals surface area contributed by atoms with Gasteiger partial charge in [0.05, 0.1) is 18.5 Å². The Morgan fingerprint density at radius 2 is 1.70 bits per heavy atom. The normalized spacial score (nSPS) is 17.8. The summed E-state index contributed by atoms with van der Waals surface area (Å²) in [6.07, 6.45) is -0.239. The second-order valence-corrected chi connectivity index (χ2v) is 4.55. The van der Waals surface area contributed by atoms with Crippen LogP contribution in [0.1, 0.15) is 18.0 Å². The molecule has 1 aromatic carbocycles. The molecule has 0 saturated carbocycles. The van der Waals surface area contributed by atoms with Gasteiger partial charge in [-0.25, -0.2) is 17.6 Å². The monoisotopic (exact) mass is 287 g/mol. The third-order valence-electron chi connectivity index (χ3n) is 3.36. The predicted octanol–water partition coefficient (Wildman–Crippen LogP) is 2.10. The summed E-state index contributed by atoms with van der Waals surface area (Å²) in [5.41, 5.74) is -0.703. The van der Waals surface area contributed by atoms with Crippen LogP contribution in [0.2, 0.25) is 0 Å². The smallest absolute Gasteiger partial charge is 0.166 e. The topological polar surface area (TPSA) is 39.1 Å². The molecule has 1 N–H and O–H groups in total. The number of hydrogen-bond acceptors (Lipinski definition) is 3. The Morgan fingerprint density at radius 1 is 1.15 bits per heavy atom. The lowest BCUT2D eigenvalue weighted by atomic mass is 10.00. The second-order valence-electron chi connectivity index (χ2n) is 4.55. The maximum Gasteiger partial charge on any atom is 0.166 e. The van der Waals surface area contributed by atoms with E-state index < -0.39 is 34.9 Å². The van der Waals surface area contributed by atoms with Gasteiger partial charge in [0, 0.05) is 37.8 Å². The molecule has 108 valence electrons. The Hall–Kier alpha value is -1.65. The molecule has 1 aliphatic rings. The fraction of sp³-hybridized carbons (Fsp3) is 0.462. The first-order valence-electron chi connectivity index (χ1n) is 6.21. The first-order chi connectivity index (χ1) is 9.56. The third kappa shape index (κ3) is 2.76. The SMILES string of the molecule is N#CC[C@H](c1c(F)c(F)cc(F)c1F)N1CCNCC1. The first kappa shape index (κ1) is 14.8. The average Bonchev–Trinajstić information content (AvgIpc) is 2.45. The summed E-state index contributed by atoms with van der Waals surface area (Å²) in [6.45, 7) is 2.07. The van der Waals surface area contributed by atoms with Gasteiger partial charge in [0.25, 0.3) is 0 Å². The number of halogens is 4. The van der Waals surface area contributed by atoms with Gasteiger partial charge in [-0.1, -0.05) is 0 Å². The molecule has 1 aromatic rings. The molecular weight excluding hydrogens is 274 g/mol. The van der Waals surface area contributed by atoms with Crippen molar-refractivity contribution in [3.8, 4) is 6.07 Å². The summed E-state index contributed by atoms with van der Waals surface area (Å²) >= 11 is 0. The Labute approximate surface area is 113 Å². The molecule has 0 spiro atoms. The summed E-state index contributed by atoms with van der Waals surface area (Å²) in [4.78, 5) is 1.65. The molecule has 0 aromatic heterocycles. The van der Waals surface area contributed by atoms with Crippen molar-refractivity contribution in [1.82, 2.24) is 10.2 Å². The van der Waals surface area contributed by atoms with E-state index in [1.54, 1.807) is 4.90 Å². The lowest BCUT2D eigenvalue weighted by molar-refractivity contribution is 0.167. The van der Waals surface area contributed by atoms with Crippen LogP contribution in [0.25, 0.3) is 0 Å². The number of rotatable bonds is 3. The molecule has 0 amide bonds. The quantitative estimate of drug-likeness (QED) is 0.683. The fourth-order valence-corrected chi connectivity index (χ4v) is 2.38. The van der Waals surface area contributed by atoms with Crippen LogP contribution in [0.15, 0.2) is 6.07 Å². The summed E-state index contributed by atoms with van der Waals surface area (Å²) in [6, 6.07) is 0.999. The van der Waals surface area contributed by atoms with E-state index in [0.717, 1.165) is 0 Å². The van der Waals surface area contributed by atoms with Gasteiger partial charge in [-0.05, 0) is 0 Å². The number of piperazine rings is 1. The molecule has 0 unspecified atom stereocenters. The Kier molecular flexibility index (Phi) is 4.57. The van der Waals surface area contributed by atoms with Crippen LogP contribution in [0.4, 0.5) is 17.6 Å².